The summed E-state index contributed by atoms with van der Waals surface area (Å²) >= 11 is 0. The molecule has 0 bridgehead atoms. The summed E-state index contributed by atoms with van der Waals surface area (Å²) in [7, 11) is -3.54. The van der Waals surface area contributed by atoms with Crippen molar-refractivity contribution in [1.29, 1.82) is 0 Å². The number of carbonyl (C=O) groups is 1. The van der Waals surface area contributed by atoms with E-state index in [4.69, 9.17) is 4.74 Å². The van der Waals surface area contributed by atoms with Crippen LogP contribution >= 0.6 is 0 Å². The molecule has 144 valence electrons. The van der Waals surface area contributed by atoms with Crippen molar-refractivity contribution < 1.29 is 17.9 Å². The summed E-state index contributed by atoms with van der Waals surface area (Å²) in [6, 6.07) is 5.22. The van der Waals surface area contributed by atoms with E-state index in [2.05, 4.69) is 4.72 Å². The number of hydrogen-bond donors (Lipinski definition) is 1. The van der Waals surface area contributed by atoms with Gasteiger partial charge in [-0.15, -0.1) is 0 Å². The molecular weight excluding hydrogens is 352 g/mol. The van der Waals surface area contributed by atoms with Gasteiger partial charge in [-0.2, -0.15) is 0 Å². The highest BCUT2D eigenvalue weighted by Crippen LogP contribution is 2.23. The molecule has 3 rings (SSSR count). The van der Waals surface area contributed by atoms with E-state index in [-0.39, 0.29) is 16.9 Å². The summed E-state index contributed by atoms with van der Waals surface area (Å²) in [5, 5.41) is 0. The molecule has 2 aliphatic heterocycles. The largest absolute Gasteiger partial charge is 0.377 e. The number of sulfonamides is 1. The minimum Gasteiger partial charge on any atom is -0.377 e. The van der Waals surface area contributed by atoms with Gasteiger partial charge in [0.25, 0.3) is 0 Å². The van der Waals surface area contributed by atoms with Crippen LogP contribution in [0.4, 0.5) is 0 Å². The molecule has 0 radical (unpaired) electrons. The lowest BCUT2D eigenvalue weighted by Gasteiger charge is -2.29. The molecule has 26 heavy (non-hydrogen) atoms. The van der Waals surface area contributed by atoms with Crippen molar-refractivity contribution in [3.63, 3.8) is 0 Å². The van der Waals surface area contributed by atoms with Gasteiger partial charge in [0.1, 0.15) is 0 Å². The highest BCUT2D eigenvalue weighted by atomic mass is 32.2. The van der Waals surface area contributed by atoms with Crippen LogP contribution in [0.1, 0.15) is 44.2 Å². The van der Waals surface area contributed by atoms with Crippen LogP contribution in [0.3, 0.4) is 0 Å². The standard InChI is InChI=1S/C19H28N2O4S/c1-14(2)10-19(22)21-8-7-15-11-18(6-5-16(15)13-21)26(23,24)20-12-17-4-3-9-25-17/h5-6,11,14,17,20H,3-4,7-10,12-13H2,1-2H3/t17-/m1/s1. The van der Waals surface area contributed by atoms with E-state index in [0.29, 0.717) is 45.0 Å². The summed E-state index contributed by atoms with van der Waals surface area (Å²) in [6.07, 6.45) is 3.09. The van der Waals surface area contributed by atoms with Crippen molar-refractivity contribution in [2.75, 3.05) is 19.7 Å². The topological polar surface area (TPSA) is 75.7 Å². The average Bonchev–Trinajstić information content (AvgIpc) is 3.12. The van der Waals surface area contributed by atoms with E-state index in [1.807, 2.05) is 24.8 Å². The zero-order valence-corrected chi connectivity index (χ0v) is 16.3. The maximum Gasteiger partial charge on any atom is 0.240 e. The van der Waals surface area contributed by atoms with Crippen LogP contribution in [0, 0.1) is 5.92 Å². The van der Waals surface area contributed by atoms with Gasteiger partial charge in [-0.25, -0.2) is 13.1 Å². The van der Waals surface area contributed by atoms with Gasteiger partial charge < -0.3 is 9.64 Å². The molecule has 2 aliphatic rings. The molecule has 1 N–H and O–H groups in total. The third kappa shape index (κ3) is 4.64. The number of nitrogens with zero attached hydrogens (tertiary/aromatic N) is 1. The molecule has 1 fully saturated rings. The Morgan fingerprint density at radius 3 is 2.85 bits per heavy atom. The van der Waals surface area contributed by atoms with Crippen LogP contribution in [0.5, 0.6) is 0 Å². The predicted octanol–water partition coefficient (Wildman–Crippen LogP) is 2.07. The Hall–Kier alpha value is -1.44. The Labute approximate surface area is 156 Å². The fourth-order valence-electron chi connectivity index (χ4n) is 3.48. The SMILES string of the molecule is CC(C)CC(=O)N1CCc2cc(S(=O)(=O)NC[C@H]3CCCO3)ccc2C1. The van der Waals surface area contributed by atoms with Crippen molar-refractivity contribution in [1.82, 2.24) is 9.62 Å². The van der Waals surface area contributed by atoms with Crippen LogP contribution in [0.25, 0.3) is 0 Å². The maximum absolute atomic E-state index is 12.5. The second-order valence-electron chi connectivity index (χ2n) is 7.58. The number of ether oxygens (including phenoxy) is 1. The van der Waals surface area contributed by atoms with Gasteiger partial charge >= 0.3 is 0 Å². The van der Waals surface area contributed by atoms with E-state index in [0.717, 1.165) is 24.0 Å². The van der Waals surface area contributed by atoms with Crippen LogP contribution < -0.4 is 4.72 Å². The summed E-state index contributed by atoms with van der Waals surface area (Å²) < 4.78 is 33.2. The van der Waals surface area contributed by atoms with Gasteiger partial charge in [0.15, 0.2) is 0 Å². The third-order valence-electron chi connectivity index (χ3n) is 4.96. The maximum atomic E-state index is 12.5. The van der Waals surface area contributed by atoms with Gasteiger partial charge in [-0.05, 0) is 48.4 Å². The zero-order chi connectivity index (χ0) is 18.7. The van der Waals surface area contributed by atoms with E-state index in [1.165, 1.54) is 0 Å². The molecule has 1 aromatic carbocycles. The van der Waals surface area contributed by atoms with Crippen LogP contribution in [-0.4, -0.2) is 45.0 Å². The highest BCUT2D eigenvalue weighted by molar-refractivity contribution is 7.89. The molecule has 0 aliphatic carbocycles. The van der Waals surface area contributed by atoms with Crippen molar-refractivity contribution in [3.8, 4) is 0 Å². The summed E-state index contributed by atoms with van der Waals surface area (Å²) in [5.74, 6) is 0.506. The van der Waals surface area contributed by atoms with Crippen LogP contribution in [0.2, 0.25) is 0 Å². The zero-order valence-electron chi connectivity index (χ0n) is 15.5. The Kier molecular flexibility index (Phi) is 5.99. The van der Waals surface area contributed by atoms with E-state index in [9.17, 15) is 13.2 Å². The number of hydrogen-bond acceptors (Lipinski definition) is 4. The van der Waals surface area contributed by atoms with Crippen molar-refractivity contribution in [2.45, 2.75) is 57.1 Å². The molecule has 0 spiro atoms. The minimum atomic E-state index is -3.54. The molecule has 7 heteroatoms. The number of rotatable bonds is 6. The summed E-state index contributed by atoms with van der Waals surface area (Å²) in [6.45, 7) is 6.30. The Balaban J connectivity index is 1.66. The van der Waals surface area contributed by atoms with Crippen LogP contribution in [-0.2, 0) is 32.5 Å². The van der Waals surface area contributed by atoms with Gasteiger partial charge in [-0.3, -0.25) is 4.79 Å². The second kappa shape index (κ2) is 8.06. The second-order valence-corrected chi connectivity index (χ2v) is 9.35. The average molecular weight is 381 g/mol. The molecule has 2 heterocycles. The van der Waals surface area contributed by atoms with Gasteiger partial charge in [0, 0.05) is 32.7 Å². The fourth-order valence-corrected chi connectivity index (χ4v) is 4.60. The number of benzene rings is 1. The molecule has 0 aromatic heterocycles. The quantitative estimate of drug-likeness (QED) is 0.820. The Bertz CT molecular complexity index is 755. The third-order valence-corrected chi connectivity index (χ3v) is 6.38. The van der Waals surface area contributed by atoms with Gasteiger partial charge in [0.2, 0.25) is 15.9 Å². The Morgan fingerprint density at radius 1 is 1.35 bits per heavy atom. The molecule has 1 saturated heterocycles. The summed E-state index contributed by atoms with van der Waals surface area (Å²) in [4.78, 5) is 14.4. The summed E-state index contributed by atoms with van der Waals surface area (Å²) in [5.41, 5.74) is 2.05. The monoisotopic (exact) mass is 380 g/mol. The van der Waals surface area contributed by atoms with E-state index >= 15 is 0 Å². The molecule has 0 saturated carbocycles. The van der Waals surface area contributed by atoms with Gasteiger partial charge in [-0.1, -0.05) is 19.9 Å². The molecule has 1 aromatic rings. The highest BCUT2D eigenvalue weighted by Gasteiger charge is 2.24. The first-order valence-corrected chi connectivity index (χ1v) is 10.8. The Morgan fingerprint density at radius 2 is 2.15 bits per heavy atom. The lowest BCUT2D eigenvalue weighted by atomic mass is 9.99. The number of nitrogens with one attached hydrogen (secondary N) is 1. The normalized spacial score (nSPS) is 20.4. The molecule has 0 unspecified atom stereocenters. The molecular formula is C19H28N2O4S. The fraction of sp³-hybridized carbons (Fsp3) is 0.632. The smallest absolute Gasteiger partial charge is 0.240 e. The minimum absolute atomic E-state index is 0.0251. The molecule has 1 amide bonds. The molecule has 1 atom stereocenters. The van der Waals surface area contributed by atoms with Crippen molar-refractivity contribution in [2.24, 2.45) is 5.92 Å². The van der Waals surface area contributed by atoms with Gasteiger partial charge in [0.05, 0.1) is 11.0 Å². The van der Waals surface area contributed by atoms with E-state index < -0.39 is 10.0 Å². The van der Waals surface area contributed by atoms with Crippen molar-refractivity contribution >= 4 is 15.9 Å². The molecule has 6 nitrogen and oxygen atoms in total. The first kappa shape index (κ1) is 19.3. The van der Waals surface area contributed by atoms with Crippen LogP contribution in [0.15, 0.2) is 23.1 Å². The lowest BCUT2D eigenvalue weighted by molar-refractivity contribution is -0.132. The van der Waals surface area contributed by atoms with E-state index in [1.54, 1.807) is 12.1 Å². The lowest BCUT2D eigenvalue weighted by Crippen LogP contribution is -2.36. The first-order valence-electron chi connectivity index (χ1n) is 9.36. The number of carbonyl (C=O) groups excluding carboxylic acids is 1. The number of amides is 1. The predicted molar refractivity (Wildman–Crippen MR) is 99.2 cm³/mol. The van der Waals surface area contributed by atoms with Crippen molar-refractivity contribution in [3.05, 3.63) is 29.3 Å². The number of fused-ring (bicyclic) bond motifs is 1. The first-order chi connectivity index (χ1) is 12.3.